The molecule has 0 aliphatic carbocycles. The molecule has 1 saturated heterocycles. The van der Waals surface area contributed by atoms with Crippen molar-refractivity contribution in [3.8, 4) is 0 Å². The Labute approximate surface area is 116 Å². The van der Waals surface area contributed by atoms with Crippen LogP contribution in [0.15, 0.2) is 4.99 Å². The standard InChI is InChI=1S/C12H28N6O/c1-16(2)5-6-17-7-9-18(10-8-17)12(15-13)14-4-11-19-3/h4-11,13H2,1-3H3,(H,14,15). The van der Waals surface area contributed by atoms with Gasteiger partial charge in [-0.3, -0.25) is 10.3 Å². The molecular weight excluding hydrogens is 244 g/mol. The van der Waals surface area contributed by atoms with Gasteiger partial charge in [0, 0.05) is 46.4 Å². The van der Waals surface area contributed by atoms with Crippen molar-refractivity contribution >= 4 is 5.96 Å². The summed E-state index contributed by atoms with van der Waals surface area (Å²) < 4.78 is 4.99. The van der Waals surface area contributed by atoms with Crippen LogP contribution in [0.2, 0.25) is 0 Å². The highest BCUT2D eigenvalue weighted by molar-refractivity contribution is 5.79. The summed E-state index contributed by atoms with van der Waals surface area (Å²) in [6.07, 6.45) is 0. The summed E-state index contributed by atoms with van der Waals surface area (Å²) in [5, 5.41) is 0. The van der Waals surface area contributed by atoms with Crippen LogP contribution in [0.25, 0.3) is 0 Å². The van der Waals surface area contributed by atoms with Crippen molar-refractivity contribution in [1.82, 2.24) is 20.1 Å². The van der Waals surface area contributed by atoms with Crippen molar-refractivity contribution in [3.63, 3.8) is 0 Å². The van der Waals surface area contributed by atoms with E-state index in [0.717, 1.165) is 45.2 Å². The first kappa shape index (κ1) is 16.2. The van der Waals surface area contributed by atoms with Crippen molar-refractivity contribution in [2.75, 3.05) is 73.6 Å². The number of ether oxygens (including phenoxy) is 1. The van der Waals surface area contributed by atoms with Crippen LogP contribution >= 0.6 is 0 Å². The van der Waals surface area contributed by atoms with Crippen molar-refractivity contribution in [1.29, 1.82) is 0 Å². The highest BCUT2D eigenvalue weighted by Crippen LogP contribution is 2.02. The first-order chi connectivity index (χ1) is 9.17. The Bertz CT molecular complexity index is 263. The number of hydrogen-bond acceptors (Lipinski definition) is 5. The second kappa shape index (κ2) is 9.08. The molecule has 0 radical (unpaired) electrons. The number of piperazine rings is 1. The molecule has 1 heterocycles. The molecule has 0 spiro atoms. The first-order valence-electron chi connectivity index (χ1n) is 6.79. The molecule has 1 aliphatic rings. The normalized spacial score (nSPS) is 18.2. The fraction of sp³-hybridized carbons (Fsp3) is 0.917. The molecule has 3 N–H and O–H groups in total. The topological polar surface area (TPSA) is 69.4 Å². The van der Waals surface area contributed by atoms with Crippen LogP contribution in [-0.2, 0) is 4.74 Å². The van der Waals surface area contributed by atoms with Crippen LogP contribution in [0.3, 0.4) is 0 Å². The lowest BCUT2D eigenvalue weighted by Crippen LogP contribution is -2.54. The number of guanidine groups is 1. The van der Waals surface area contributed by atoms with Gasteiger partial charge in [-0.2, -0.15) is 0 Å². The van der Waals surface area contributed by atoms with Gasteiger partial charge in [-0.1, -0.05) is 0 Å². The third-order valence-corrected chi connectivity index (χ3v) is 3.22. The largest absolute Gasteiger partial charge is 0.383 e. The van der Waals surface area contributed by atoms with Crippen molar-refractivity contribution in [2.45, 2.75) is 0 Å². The fourth-order valence-electron chi connectivity index (χ4n) is 2.00. The molecule has 1 fully saturated rings. The monoisotopic (exact) mass is 272 g/mol. The maximum atomic E-state index is 5.54. The number of methoxy groups -OCH3 is 1. The molecule has 0 aromatic rings. The van der Waals surface area contributed by atoms with Gasteiger partial charge in [-0.05, 0) is 14.1 Å². The number of aliphatic imine (C=N–C) groups is 1. The maximum Gasteiger partial charge on any atom is 0.208 e. The van der Waals surface area contributed by atoms with Crippen LogP contribution < -0.4 is 11.3 Å². The number of hydrazine groups is 1. The lowest BCUT2D eigenvalue weighted by molar-refractivity contribution is 0.166. The molecule has 0 aromatic carbocycles. The van der Waals surface area contributed by atoms with E-state index >= 15 is 0 Å². The minimum absolute atomic E-state index is 0.619. The van der Waals surface area contributed by atoms with Gasteiger partial charge in [0.25, 0.3) is 0 Å². The predicted molar refractivity (Wildman–Crippen MR) is 78.1 cm³/mol. The molecule has 7 nitrogen and oxygen atoms in total. The van der Waals surface area contributed by atoms with E-state index in [1.165, 1.54) is 0 Å². The maximum absolute atomic E-state index is 5.54. The Balaban J connectivity index is 2.32. The smallest absolute Gasteiger partial charge is 0.208 e. The highest BCUT2D eigenvalue weighted by Gasteiger charge is 2.18. The van der Waals surface area contributed by atoms with E-state index in [1.807, 2.05) is 0 Å². The van der Waals surface area contributed by atoms with Gasteiger partial charge >= 0.3 is 0 Å². The Kier molecular flexibility index (Phi) is 7.73. The molecule has 0 unspecified atom stereocenters. The van der Waals surface area contributed by atoms with Gasteiger partial charge in [-0.15, -0.1) is 0 Å². The average Bonchev–Trinajstić information content (AvgIpc) is 2.42. The van der Waals surface area contributed by atoms with E-state index in [2.05, 4.69) is 39.2 Å². The zero-order valence-corrected chi connectivity index (χ0v) is 12.4. The molecule has 112 valence electrons. The summed E-state index contributed by atoms with van der Waals surface area (Å²) in [6.45, 7) is 7.51. The molecule has 1 aliphatic heterocycles. The van der Waals surface area contributed by atoms with Gasteiger partial charge in [0.2, 0.25) is 5.96 Å². The average molecular weight is 272 g/mol. The minimum Gasteiger partial charge on any atom is -0.383 e. The van der Waals surface area contributed by atoms with Gasteiger partial charge in [0.1, 0.15) is 0 Å². The van der Waals surface area contributed by atoms with Crippen LogP contribution in [-0.4, -0.2) is 94.3 Å². The van der Waals surface area contributed by atoms with Crippen LogP contribution in [0.4, 0.5) is 0 Å². The Hall–Kier alpha value is -0.890. The molecule has 0 saturated carbocycles. The molecule has 0 amide bonds. The zero-order valence-electron chi connectivity index (χ0n) is 12.4. The van der Waals surface area contributed by atoms with Crippen LogP contribution in [0.1, 0.15) is 0 Å². The van der Waals surface area contributed by atoms with Crippen LogP contribution in [0.5, 0.6) is 0 Å². The van der Waals surface area contributed by atoms with Crippen LogP contribution in [0, 0.1) is 0 Å². The van der Waals surface area contributed by atoms with E-state index in [1.54, 1.807) is 7.11 Å². The van der Waals surface area contributed by atoms with E-state index in [4.69, 9.17) is 10.6 Å². The van der Waals surface area contributed by atoms with E-state index < -0.39 is 0 Å². The summed E-state index contributed by atoms with van der Waals surface area (Å²) in [7, 11) is 5.89. The third kappa shape index (κ3) is 6.20. The number of likely N-dealkylation sites (N-methyl/N-ethyl adjacent to an activating group) is 1. The molecule has 0 bridgehead atoms. The third-order valence-electron chi connectivity index (χ3n) is 3.22. The summed E-state index contributed by atoms with van der Waals surface area (Å²) in [6, 6.07) is 0. The Morgan fingerprint density at radius 3 is 2.53 bits per heavy atom. The summed E-state index contributed by atoms with van der Waals surface area (Å²) >= 11 is 0. The zero-order chi connectivity index (χ0) is 14.1. The molecule has 0 atom stereocenters. The van der Waals surface area contributed by atoms with Gasteiger partial charge < -0.3 is 14.5 Å². The van der Waals surface area contributed by atoms with E-state index in [9.17, 15) is 0 Å². The summed E-state index contributed by atoms with van der Waals surface area (Å²) in [5.74, 6) is 6.30. The molecule has 1 rings (SSSR count). The van der Waals surface area contributed by atoms with E-state index in [0.29, 0.717) is 13.2 Å². The molecular formula is C12H28N6O. The van der Waals surface area contributed by atoms with Crippen molar-refractivity contribution in [3.05, 3.63) is 0 Å². The number of nitrogens with two attached hydrogens (primary N) is 1. The van der Waals surface area contributed by atoms with Crippen molar-refractivity contribution in [2.24, 2.45) is 10.8 Å². The number of hydrogen-bond donors (Lipinski definition) is 2. The molecule has 7 heteroatoms. The quantitative estimate of drug-likeness (QED) is 0.204. The minimum atomic E-state index is 0.619. The number of rotatable bonds is 6. The number of nitrogens with one attached hydrogen (secondary N) is 1. The number of nitrogens with zero attached hydrogens (tertiary/aromatic N) is 4. The summed E-state index contributed by atoms with van der Waals surface area (Å²) in [4.78, 5) is 11.3. The van der Waals surface area contributed by atoms with Crippen molar-refractivity contribution < 1.29 is 4.74 Å². The lowest BCUT2D eigenvalue weighted by Gasteiger charge is -2.36. The Morgan fingerprint density at radius 1 is 1.32 bits per heavy atom. The highest BCUT2D eigenvalue weighted by atomic mass is 16.5. The van der Waals surface area contributed by atoms with Gasteiger partial charge in [0.05, 0.1) is 13.2 Å². The Morgan fingerprint density at radius 2 is 2.00 bits per heavy atom. The second-order valence-electron chi connectivity index (χ2n) is 4.97. The van der Waals surface area contributed by atoms with Gasteiger partial charge in [0.15, 0.2) is 0 Å². The SMILES string of the molecule is COCCN=C(NN)N1CCN(CCN(C)C)CC1. The predicted octanol–water partition coefficient (Wildman–Crippen LogP) is -1.37. The second-order valence-corrected chi connectivity index (χ2v) is 4.97. The van der Waals surface area contributed by atoms with E-state index in [-0.39, 0.29) is 0 Å². The molecule has 0 aromatic heterocycles. The fourth-order valence-corrected chi connectivity index (χ4v) is 2.00. The lowest BCUT2D eigenvalue weighted by atomic mass is 10.3. The summed E-state index contributed by atoms with van der Waals surface area (Å²) in [5.41, 5.74) is 2.69. The van der Waals surface area contributed by atoms with Gasteiger partial charge in [-0.25, -0.2) is 10.8 Å². The molecule has 19 heavy (non-hydrogen) atoms. The first-order valence-corrected chi connectivity index (χ1v) is 6.79.